The van der Waals surface area contributed by atoms with Crippen LogP contribution in [0.25, 0.3) is 11.4 Å². The van der Waals surface area contributed by atoms with Gasteiger partial charge in [-0.1, -0.05) is 6.07 Å². The quantitative estimate of drug-likeness (QED) is 0.640. The van der Waals surface area contributed by atoms with Crippen molar-refractivity contribution in [2.45, 2.75) is 18.4 Å². The first-order valence-electron chi connectivity index (χ1n) is 6.63. The Labute approximate surface area is 136 Å². The van der Waals surface area contributed by atoms with E-state index in [1.54, 1.807) is 24.3 Å². The van der Waals surface area contributed by atoms with E-state index in [1.807, 2.05) is 17.5 Å². The largest absolute Gasteiger partial charge is 0.380 e. The van der Waals surface area contributed by atoms with Gasteiger partial charge >= 0.3 is 0 Å². The third-order valence-corrected chi connectivity index (χ3v) is 5.18. The highest BCUT2D eigenvalue weighted by Gasteiger charge is 2.18. The number of nitrogens with one attached hydrogen (secondary N) is 2. The highest BCUT2D eigenvalue weighted by Crippen LogP contribution is 2.30. The predicted molar refractivity (Wildman–Crippen MR) is 87.4 cm³/mol. The third kappa shape index (κ3) is 3.38. The Morgan fingerprint density at radius 1 is 1.39 bits per heavy atom. The number of sulfonamides is 1. The van der Waals surface area contributed by atoms with Gasteiger partial charge in [0.15, 0.2) is 5.82 Å². The second-order valence-corrected chi connectivity index (χ2v) is 7.45. The molecule has 0 fully saturated rings. The van der Waals surface area contributed by atoms with Gasteiger partial charge in [0.05, 0.1) is 4.90 Å². The smallest absolute Gasteiger partial charge is 0.238 e. The second-order valence-electron chi connectivity index (χ2n) is 4.89. The van der Waals surface area contributed by atoms with Gasteiger partial charge in [-0.3, -0.25) is 0 Å². The molecule has 0 bridgehead atoms. The van der Waals surface area contributed by atoms with Crippen LogP contribution in [-0.4, -0.2) is 29.0 Å². The highest BCUT2D eigenvalue weighted by molar-refractivity contribution is 7.89. The Balaban J connectivity index is 2.05. The molecule has 0 atom stereocenters. The van der Waals surface area contributed by atoms with E-state index in [4.69, 9.17) is 5.14 Å². The monoisotopic (exact) mass is 350 g/mol. The summed E-state index contributed by atoms with van der Waals surface area (Å²) in [4.78, 5) is 1.20. The van der Waals surface area contributed by atoms with Gasteiger partial charge in [0, 0.05) is 22.7 Å². The Bertz CT molecular complexity index is 904. The molecule has 120 valence electrons. The molecule has 2 heterocycles. The summed E-state index contributed by atoms with van der Waals surface area (Å²) in [6.45, 7) is 2.30. The van der Waals surface area contributed by atoms with Crippen LogP contribution in [0.3, 0.4) is 0 Å². The SMILES string of the molecule is Cc1cc(NCc2cccs2)c(-c2nnn[nH]2)cc1S(N)(=O)=O. The number of benzene rings is 1. The van der Waals surface area contributed by atoms with Gasteiger partial charge < -0.3 is 5.32 Å². The Kier molecular flexibility index (Phi) is 4.11. The minimum atomic E-state index is -3.83. The molecule has 1 aromatic carbocycles. The lowest BCUT2D eigenvalue weighted by Crippen LogP contribution is -2.14. The van der Waals surface area contributed by atoms with Gasteiger partial charge in [0.2, 0.25) is 10.0 Å². The maximum atomic E-state index is 11.7. The number of anilines is 1. The summed E-state index contributed by atoms with van der Waals surface area (Å²) >= 11 is 1.63. The molecule has 4 N–H and O–H groups in total. The zero-order chi connectivity index (χ0) is 16.4. The van der Waals surface area contributed by atoms with Crippen LogP contribution in [0.2, 0.25) is 0 Å². The third-order valence-electron chi connectivity index (χ3n) is 3.26. The number of nitrogens with zero attached hydrogens (tertiary/aromatic N) is 3. The van der Waals surface area contributed by atoms with Crippen molar-refractivity contribution < 1.29 is 8.42 Å². The number of hydrogen-bond donors (Lipinski definition) is 3. The number of thiophene rings is 1. The Morgan fingerprint density at radius 3 is 2.83 bits per heavy atom. The molecular formula is C13H14N6O2S2. The van der Waals surface area contributed by atoms with E-state index in [2.05, 4.69) is 25.9 Å². The molecule has 0 aliphatic heterocycles. The van der Waals surface area contributed by atoms with E-state index in [9.17, 15) is 8.42 Å². The van der Waals surface area contributed by atoms with Crippen LogP contribution in [0, 0.1) is 6.92 Å². The number of rotatable bonds is 5. The number of aromatic amines is 1. The van der Waals surface area contributed by atoms with E-state index in [-0.39, 0.29) is 4.90 Å². The van der Waals surface area contributed by atoms with Crippen LogP contribution < -0.4 is 10.5 Å². The van der Waals surface area contributed by atoms with Gasteiger partial charge in [-0.25, -0.2) is 18.7 Å². The van der Waals surface area contributed by atoms with Gasteiger partial charge in [-0.05, 0) is 46.5 Å². The number of H-pyrrole nitrogens is 1. The van der Waals surface area contributed by atoms with Gasteiger partial charge in [0.25, 0.3) is 0 Å². The van der Waals surface area contributed by atoms with Crippen LogP contribution >= 0.6 is 11.3 Å². The molecule has 0 aliphatic carbocycles. The first-order chi connectivity index (χ1) is 10.9. The fraction of sp³-hybridized carbons (Fsp3) is 0.154. The number of nitrogens with two attached hydrogens (primary N) is 1. The standard InChI is InChI=1S/C13H14N6O2S2/c1-8-5-11(15-7-9-3-2-4-22-9)10(13-16-18-19-17-13)6-12(8)23(14,20)21/h2-6,15H,7H2,1H3,(H2,14,20,21)(H,16,17,18,19). The molecule has 8 nitrogen and oxygen atoms in total. The van der Waals surface area contributed by atoms with Crippen LogP contribution in [0.1, 0.15) is 10.4 Å². The normalized spacial score (nSPS) is 11.6. The molecule has 0 saturated carbocycles. The van der Waals surface area contributed by atoms with E-state index in [0.29, 0.717) is 23.5 Å². The van der Waals surface area contributed by atoms with Crippen molar-refractivity contribution in [3.63, 3.8) is 0 Å². The lowest BCUT2D eigenvalue weighted by Gasteiger charge is -2.13. The molecule has 0 unspecified atom stereocenters. The summed E-state index contributed by atoms with van der Waals surface area (Å²) in [5.41, 5.74) is 1.82. The van der Waals surface area contributed by atoms with Crippen molar-refractivity contribution in [3.8, 4) is 11.4 Å². The average Bonchev–Trinajstić information content (AvgIpc) is 3.17. The van der Waals surface area contributed by atoms with Crippen LogP contribution in [-0.2, 0) is 16.6 Å². The van der Waals surface area contributed by atoms with Crippen molar-refractivity contribution in [1.29, 1.82) is 0 Å². The van der Waals surface area contributed by atoms with Crippen molar-refractivity contribution >= 4 is 27.0 Å². The maximum Gasteiger partial charge on any atom is 0.238 e. The average molecular weight is 350 g/mol. The summed E-state index contributed by atoms with van der Waals surface area (Å²) in [6, 6.07) is 7.19. The lowest BCUT2D eigenvalue weighted by molar-refractivity contribution is 0.597. The molecule has 0 saturated heterocycles. The predicted octanol–water partition coefficient (Wildman–Crippen LogP) is 1.50. The summed E-state index contributed by atoms with van der Waals surface area (Å²) in [5.74, 6) is 0.364. The fourth-order valence-electron chi connectivity index (χ4n) is 2.21. The lowest BCUT2D eigenvalue weighted by atomic mass is 10.1. The molecule has 3 rings (SSSR count). The van der Waals surface area contributed by atoms with Crippen molar-refractivity contribution in [2.75, 3.05) is 5.32 Å². The zero-order valence-electron chi connectivity index (χ0n) is 12.1. The molecular weight excluding hydrogens is 336 g/mol. The molecule has 3 aromatic rings. The van der Waals surface area contributed by atoms with E-state index < -0.39 is 10.0 Å². The van der Waals surface area contributed by atoms with Gasteiger partial charge in [-0.15, -0.1) is 16.4 Å². The van der Waals surface area contributed by atoms with Crippen LogP contribution in [0.15, 0.2) is 34.5 Å². The molecule has 23 heavy (non-hydrogen) atoms. The molecule has 0 aliphatic rings. The van der Waals surface area contributed by atoms with E-state index in [1.165, 1.54) is 6.07 Å². The number of primary sulfonamides is 1. The number of aromatic nitrogens is 4. The van der Waals surface area contributed by atoms with Crippen molar-refractivity contribution in [3.05, 3.63) is 40.1 Å². The van der Waals surface area contributed by atoms with E-state index >= 15 is 0 Å². The molecule has 0 spiro atoms. The molecule has 2 aromatic heterocycles. The minimum Gasteiger partial charge on any atom is -0.380 e. The van der Waals surface area contributed by atoms with Crippen molar-refractivity contribution in [2.24, 2.45) is 5.14 Å². The number of tetrazole rings is 1. The summed E-state index contributed by atoms with van der Waals surface area (Å²) < 4.78 is 23.5. The number of aryl methyl sites for hydroxylation is 1. The highest BCUT2D eigenvalue weighted by atomic mass is 32.2. The summed E-state index contributed by atoms with van der Waals surface area (Å²) in [5, 5.41) is 24.1. The number of hydrogen-bond acceptors (Lipinski definition) is 7. The van der Waals surface area contributed by atoms with Crippen molar-refractivity contribution in [1.82, 2.24) is 20.6 Å². The molecule has 10 heteroatoms. The molecule has 0 amide bonds. The summed E-state index contributed by atoms with van der Waals surface area (Å²) in [6.07, 6.45) is 0. The topological polar surface area (TPSA) is 127 Å². The first-order valence-corrected chi connectivity index (χ1v) is 9.05. The maximum absolute atomic E-state index is 11.7. The summed E-state index contributed by atoms with van der Waals surface area (Å²) in [7, 11) is -3.83. The van der Waals surface area contributed by atoms with Crippen LogP contribution in [0.5, 0.6) is 0 Å². The Hall–Kier alpha value is -2.30. The zero-order valence-corrected chi connectivity index (χ0v) is 13.8. The first kappa shape index (κ1) is 15.6. The van der Waals surface area contributed by atoms with Crippen LogP contribution in [0.4, 0.5) is 5.69 Å². The minimum absolute atomic E-state index is 0.0468. The van der Waals surface area contributed by atoms with Gasteiger partial charge in [0.1, 0.15) is 0 Å². The van der Waals surface area contributed by atoms with E-state index in [0.717, 1.165) is 10.6 Å². The fourth-order valence-corrected chi connectivity index (χ4v) is 3.64. The second kappa shape index (κ2) is 6.07. The molecule has 0 radical (unpaired) electrons. The van der Waals surface area contributed by atoms with Gasteiger partial charge in [-0.2, -0.15) is 0 Å². The Morgan fingerprint density at radius 2 is 2.22 bits per heavy atom.